The van der Waals surface area contributed by atoms with Gasteiger partial charge in [-0.2, -0.15) is 0 Å². The number of amides is 1. The molecule has 0 aliphatic carbocycles. The average Bonchev–Trinajstić information content (AvgIpc) is 2.55. The van der Waals surface area contributed by atoms with Crippen molar-refractivity contribution in [2.45, 2.75) is 13.8 Å². The molecule has 0 unspecified atom stereocenters. The maximum atomic E-state index is 12.0. The molecule has 0 aromatic heterocycles. The number of ether oxygens (including phenoxy) is 1. The normalized spacial score (nSPS) is 10.1. The Hall–Kier alpha value is -3.22. The minimum absolute atomic E-state index is 0.0668. The molecule has 2 rings (SSSR count). The van der Waals surface area contributed by atoms with Gasteiger partial charge in [-0.1, -0.05) is 18.2 Å². The topological polar surface area (TPSA) is 98.5 Å². The van der Waals surface area contributed by atoms with Crippen molar-refractivity contribution in [3.8, 4) is 5.75 Å². The summed E-state index contributed by atoms with van der Waals surface area (Å²) < 4.78 is 5.35. The molecular weight excluding hydrogens is 312 g/mol. The minimum Gasteiger partial charge on any atom is -0.484 e. The van der Waals surface area contributed by atoms with Crippen LogP contribution < -0.4 is 10.1 Å². The number of anilines is 1. The van der Waals surface area contributed by atoms with Crippen molar-refractivity contribution in [2.75, 3.05) is 11.9 Å². The number of nitro groups is 1. The number of nitrogens with one attached hydrogen (secondary N) is 1. The van der Waals surface area contributed by atoms with Gasteiger partial charge in [0.1, 0.15) is 5.75 Å². The highest BCUT2D eigenvalue weighted by molar-refractivity contribution is 5.95. The van der Waals surface area contributed by atoms with Crippen molar-refractivity contribution < 1.29 is 19.2 Å². The zero-order chi connectivity index (χ0) is 17.7. The first kappa shape index (κ1) is 17.1. The number of benzene rings is 2. The van der Waals surface area contributed by atoms with Gasteiger partial charge in [-0.25, -0.2) is 0 Å². The molecule has 0 saturated heterocycles. The van der Waals surface area contributed by atoms with Gasteiger partial charge in [0, 0.05) is 11.6 Å². The molecule has 2 aromatic rings. The molecule has 0 saturated carbocycles. The van der Waals surface area contributed by atoms with Gasteiger partial charge in [-0.05, 0) is 32.0 Å². The largest absolute Gasteiger partial charge is 0.484 e. The fraction of sp³-hybridized carbons (Fsp3) is 0.176. The molecule has 124 valence electrons. The van der Waals surface area contributed by atoms with Crippen molar-refractivity contribution in [1.82, 2.24) is 0 Å². The van der Waals surface area contributed by atoms with Gasteiger partial charge >= 0.3 is 0 Å². The molecular formula is C17H16N2O5. The van der Waals surface area contributed by atoms with E-state index in [4.69, 9.17) is 4.74 Å². The van der Waals surface area contributed by atoms with Gasteiger partial charge in [0.2, 0.25) is 0 Å². The molecule has 0 heterocycles. The first-order valence-corrected chi connectivity index (χ1v) is 7.16. The number of rotatable bonds is 6. The Morgan fingerprint density at radius 2 is 1.92 bits per heavy atom. The number of carbonyl (C=O) groups is 2. The first-order chi connectivity index (χ1) is 11.4. The molecule has 2 aromatic carbocycles. The zero-order valence-electron chi connectivity index (χ0n) is 13.2. The van der Waals surface area contributed by atoms with Gasteiger partial charge in [-0.3, -0.25) is 19.7 Å². The highest BCUT2D eigenvalue weighted by Crippen LogP contribution is 2.25. The van der Waals surface area contributed by atoms with Gasteiger partial charge < -0.3 is 10.1 Å². The number of hydrogen-bond donors (Lipinski definition) is 1. The third-order valence-corrected chi connectivity index (χ3v) is 3.39. The van der Waals surface area contributed by atoms with Crippen LogP contribution in [0.3, 0.4) is 0 Å². The number of ketones is 1. The van der Waals surface area contributed by atoms with E-state index in [-0.39, 0.29) is 18.1 Å². The molecule has 24 heavy (non-hydrogen) atoms. The van der Waals surface area contributed by atoms with Crippen LogP contribution in [0.1, 0.15) is 22.8 Å². The third-order valence-electron chi connectivity index (χ3n) is 3.39. The number of nitro benzene ring substituents is 1. The molecule has 0 fully saturated rings. The van der Waals surface area contributed by atoms with E-state index in [2.05, 4.69) is 5.32 Å². The summed E-state index contributed by atoms with van der Waals surface area (Å²) in [4.78, 5) is 33.7. The van der Waals surface area contributed by atoms with Gasteiger partial charge in [-0.15, -0.1) is 0 Å². The maximum absolute atomic E-state index is 12.0. The summed E-state index contributed by atoms with van der Waals surface area (Å²) in [5.74, 6) is -0.155. The quantitative estimate of drug-likeness (QED) is 0.499. The Bertz CT molecular complexity index is 801. The summed E-state index contributed by atoms with van der Waals surface area (Å²) in [5.41, 5.74) is 1.15. The van der Waals surface area contributed by atoms with E-state index >= 15 is 0 Å². The summed E-state index contributed by atoms with van der Waals surface area (Å²) in [6.45, 7) is 2.73. The van der Waals surface area contributed by atoms with E-state index in [9.17, 15) is 19.7 Å². The van der Waals surface area contributed by atoms with E-state index < -0.39 is 10.8 Å². The second-order valence-corrected chi connectivity index (χ2v) is 5.13. The van der Waals surface area contributed by atoms with Gasteiger partial charge in [0.05, 0.1) is 16.2 Å². The van der Waals surface area contributed by atoms with Crippen molar-refractivity contribution in [3.05, 3.63) is 63.7 Å². The third kappa shape index (κ3) is 4.16. The molecule has 0 aliphatic rings. The van der Waals surface area contributed by atoms with E-state index in [0.29, 0.717) is 22.6 Å². The van der Waals surface area contributed by atoms with Crippen LogP contribution in [0.25, 0.3) is 0 Å². The summed E-state index contributed by atoms with van der Waals surface area (Å²) >= 11 is 0. The molecule has 0 spiro atoms. The standard InChI is InChI=1S/C17H16N2O5/c1-11-15(7-4-8-16(11)19(22)23)18-17(21)10-24-14-6-3-5-13(9-14)12(2)20/h3-9H,10H2,1-2H3,(H,18,21). The second kappa shape index (κ2) is 7.36. The minimum atomic E-state index is -0.505. The summed E-state index contributed by atoms with van der Waals surface area (Å²) in [6.07, 6.45) is 0. The SMILES string of the molecule is CC(=O)c1cccc(OCC(=O)Nc2cccc([N+](=O)[O-])c2C)c1. The molecule has 0 atom stereocenters. The van der Waals surface area contributed by atoms with E-state index in [0.717, 1.165) is 0 Å². The molecule has 0 bridgehead atoms. The molecule has 1 amide bonds. The Kier molecular flexibility index (Phi) is 5.26. The Morgan fingerprint density at radius 1 is 1.21 bits per heavy atom. The number of hydrogen-bond acceptors (Lipinski definition) is 5. The predicted octanol–water partition coefficient (Wildman–Crippen LogP) is 3.12. The lowest BCUT2D eigenvalue weighted by molar-refractivity contribution is -0.385. The van der Waals surface area contributed by atoms with Gasteiger partial charge in [0.25, 0.3) is 11.6 Å². The zero-order valence-corrected chi connectivity index (χ0v) is 13.2. The van der Waals surface area contributed by atoms with E-state index in [1.807, 2.05) is 0 Å². The lowest BCUT2D eigenvalue weighted by Crippen LogP contribution is -2.20. The van der Waals surface area contributed by atoms with Crippen molar-refractivity contribution >= 4 is 23.1 Å². The fourth-order valence-corrected chi connectivity index (χ4v) is 2.10. The van der Waals surface area contributed by atoms with Crippen LogP contribution >= 0.6 is 0 Å². The van der Waals surface area contributed by atoms with Crippen LogP contribution in [0.2, 0.25) is 0 Å². The highest BCUT2D eigenvalue weighted by atomic mass is 16.6. The van der Waals surface area contributed by atoms with E-state index in [1.165, 1.54) is 19.1 Å². The van der Waals surface area contributed by atoms with Crippen molar-refractivity contribution in [1.29, 1.82) is 0 Å². The summed E-state index contributed by atoms with van der Waals surface area (Å²) in [5, 5.41) is 13.5. The molecule has 0 aliphatic heterocycles. The fourth-order valence-electron chi connectivity index (χ4n) is 2.10. The Balaban J connectivity index is 2.02. The highest BCUT2D eigenvalue weighted by Gasteiger charge is 2.15. The Labute approximate surface area is 138 Å². The number of nitrogens with zero attached hydrogens (tertiary/aromatic N) is 1. The van der Waals surface area contributed by atoms with Crippen LogP contribution in [0.5, 0.6) is 5.75 Å². The van der Waals surface area contributed by atoms with Crippen LogP contribution in [-0.4, -0.2) is 23.2 Å². The van der Waals surface area contributed by atoms with Crippen molar-refractivity contribution in [3.63, 3.8) is 0 Å². The maximum Gasteiger partial charge on any atom is 0.274 e. The smallest absolute Gasteiger partial charge is 0.274 e. The molecule has 0 radical (unpaired) electrons. The monoisotopic (exact) mass is 328 g/mol. The second-order valence-electron chi connectivity index (χ2n) is 5.13. The summed E-state index contributed by atoms with van der Waals surface area (Å²) in [6, 6.07) is 11.0. The average molecular weight is 328 g/mol. The summed E-state index contributed by atoms with van der Waals surface area (Å²) in [7, 11) is 0. The number of carbonyl (C=O) groups excluding carboxylic acids is 2. The number of Topliss-reactive ketones (excluding diaryl/α,β-unsaturated/α-hetero) is 1. The van der Waals surface area contributed by atoms with Crippen molar-refractivity contribution in [2.24, 2.45) is 0 Å². The van der Waals surface area contributed by atoms with Crippen LogP contribution in [0.15, 0.2) is 42.5 Å². The van der Waals surface area contributed by atoms with Crippen LogP contribution in [0, 0.1) is 17.0 Å². The lowest BCUT2D eigenvalue weighted by atomic mass is 10.1. The van der Waals surface area contributed by atoms with E-state index in [1.54, 1.807) is 37.3 Å². The molecule has 7 heteroatoms. The Morgan fingerprint density at radius 3 is 2.58 bits per heavy atom. The van der Waals surface area contributed by atoms with Crippen LogP contribution in [-0.2, 0) is 4.79 Å². The van der Waals surface area contributed by atoms with Crippen LogP contribution in [0.4, 0.5) is 11.4 Å². The lowest BCUT2D eigenvalue weighted by Gasteiger charge is -2.10. The van der Waals surface area contributed by atoms with Gasteiger partial charge in [0.15, 0.2) is 12.4 Å². The first-order valence-electron chi connectivity index (χ1n) is 7.16. The molecule has 7 nitrogen and oxygen atoms in total. The molecule has 1 N–H and O–H groups in total. The predicted molar refractivity (Wildman–Crippen MR) is 88.4 cm³/mol.